The smallest absolute Gasteiger partial charge is 0.264 e. The molecule has 0 saturated carbocycles. The Balaban J connectivity index is 1.35. The zero-order valence-electron chi connectivity index (χ0n) is 26.5. The van der Waals surface area contributed by atoms with E-state index < -0.39 is 13.7 Å². The number of anilines is 1. The van der Waals surface area contributed by atoms with E-state index in [2.05, 4.69) is 55.1 Å². The summed E-state index contributed by atoms with van der Waals surface area (Å²) in [7, 11) is -0.563. The lowest BCUT2D eigenvalue weighted by Crippen LogP contribution is -2.51. The highest BCUT2D eigenvalue weighted by atomic mass is 28.3. The molecule has 234 valence electrons. The first-order valence-corrected chi connectivity index (χ1v) is 18.7. The summed E-state index contributed by atoms with van der Waals surface area (Å²) in [5, 5.41) is 20.4. The summed E-state index contributed by atoms with van der Waals surface area (Å²) in [6.45, 7) is 11.8. The van der Waals surface area contributed by atoms with Crippen molar-refractivity contribution in [3.8, 4) is 5.75 Å². The van der Waals surface area contributed by atoms with Crippen LogP contribution in [0.5, 0.6) is 5.75 Å². The van der Waals surface area contributed by atoms with Crippen molar-refractivity contribution in [2.75, 3.05) is 25.2 Å². The fraction of sp³-hybridized carbons (Fsp3) is 0.361. The van der Waals surface area contributed by atoms with Crippen LogP contribution in [0, 0.1) is 5.92 Å². The highest BCUT2D eigenvalue weighted by Crippen LogP contribution is 2.59. The third-order valence-corrected chi connectivity index (χ3v) is 14.4. The van der Waals surface area contributed by atoms with Gasteiger partial charge in [-0.1, -0.05) is 97.2 Å². The van der Waals surface area contributed by atoms with Gasteiger partial charge in [0, 0.05) is 30.8 Å². The number of hydrogen-bond donors (Lipinski definition) is 1. The summed E-state index contributed by atoms with van der Waals surface area (Å²) in [6.07, 6.45) is 4.17. The van der Waals surface area contributed by atoms with E-state index in [4.69, 9.17) is 9.47 Å². The molecule has 45 heavy (non-hydrogen) atoms. The number of carbonyl (C=O) groups is 1. The maximum Gasteiger partial charge on any atom is 0.264 e. The number of benzene rings is 3. The molecule has 2 aliphatic heterocycles. The van der Waals surface area contributed by atoms with E-state index in [0.29, 0.717) is 19.5 Å². The molecule has 4 aromatic rings. The van der Waals surface area contributed by atoms with Gasteiger partial charge in [0.05, 0.1) is 45.2 Å². The molecule has 1 fully saturated rings. The molecule has 0 radical (unpaired) electrons. The van der Waals surface area contributed by atoms with Crippen molar-refractivity contribution >= 4 is 24.9 Å². The van der Waals surface area contributed by atoms with Gasteiger partial charge in [0.15, 0.2) is 5.60 Å². The Bertz CT molecular complexity index is 1660. The summed E-state index contributed by atoms with van der Waals surface area (Å²) >= 11 is 0. The fourth-order valence-corrected chi connectivity index (χ4v) is 11.8. The lowest BCUT2D eigenvalue weighted by Gasteiger charge is -2.37. The van der Waals surface area contributed by atoms with Crippen molar-refractivity contribution in [2.24, 2.45) is 5.92 Å². The number of amides is 1. The van der Waals surface area contributed by atoms with Gasteiger partial charge in [-0.05, 0) is 35.7 Å². The molecule has 3 aromatic carbocycles. The van der Waals surface area contributed by atoms with Crippen LogP contribution < -0.4 is 14.8 Å². The number of ether oxygens (including phenoxy) is 2. The predicted molar refractivity (Wildman–Crippen MR) is 179 cm³/mol. The van der Waals surface area contributed by atoms with Gasteiger partial charge in [0.25, 0.3) is 5.91 Å². The van der Waals surface area contributed by atoms with Crippen molar-refractivity contribution in [1.82, 2.24) is 15.0 Å². The molecule has 1 aromatic heterocycles. The summed E-state index contributed by atoms with van der Waals surface area (Å²) in [6, 6.07) is 26.3. The molecule has 0 bridgehead atoms. The van der Waals surface area contributed by atoms with Gasteiger partial charge in [-0.3, -0.25) is 9.48 Å². The van der Waals surface area contributed by atoms with Gasteiger partial charge in [-0.25, -0.2) is 0 Å². The Kier molecular flexibility index (Phi) is 8.52. The Morgan fingerprint density at radius 3 is 2.49 bits per heavy atom. The molecule has 3 heterocycles. The lowest BCUT2D eigenvalue weighted by molar-refractivity contribution is -0.145. The number of aromatic nitrogens is 3. The van der Waals surface area contributed by atoms with Crippen LogP contribution >= 0.6 is 0 Å². The van der Waals surface area contributed by atoms with Gasteiger partial charge >= 0.3 is 0 Å². The number of hydrogen-bond acceptors (Lipinski definition) is 6. The predicted octanol–water partition coefficient (Wildman–Crippen LogP) is 5.25. The van der Waals surface area contributed by atoms with Crippen molar-refractivity contribution in [1.29, 1.82) is 0 Å². The van der Waals surface area contributed by atoms with Crippen molar-refractivity contribution in [3.63, 3.8) is 0 Å². The number of para-hydroxylation sites is 1. The van der Waals surface area contributed by atoms with E-state index in [1.165, 1.54) is 5.19 Å². The highest BCUT2D eigenvalue weighted by Gasteiger charge is 2.66. The van der Waals surface area contributed by atoms with Crippen LogP contribution in [0.1, 0.15) is 36.1 Å². The van der Waals surface area contributed by atoms with Gasteiger partial charge < -0.3 is 19.5 Å². The summed E-state index contributed by atoms with van der Waals surface area (Å²) in [5.74, 6) is 0.493. The van der Waals surface area contributed by atoms with E-state index in [1.54, 1.807) is 13.2 Å². The maximum atomic E-state index is 14.4. The molecule has 2 aliphatic rings. The molecule has 0 aliphatic carbocycles. The largest absolute Gasteiger partial charge is 0.497 e. The average Bonchev–Trinajstić information content (AvgIpc) is 3.72. The minimum atomic E-state index is -2.24. The molecule has 1 unspecified atom stereocenters. The highest BCUT2D eigenvalue weighted by molar-refractivity contribution is 6.91. The topological polar surface area (TPSA) is 89.7 Å². The minimum Gasteiger partial charge on any atom is -0.497 e. The zero-order valence-corrected chi connectivity index (χ0v) is 27.5. The molecule has 8 nitrogen and oxygen atoms in total. The fourth-order valence-electron chi connectivity index (χ4n) is 7.74. The van der Waals surface area contributed by atoms with Crippen LogP contribution in [-0.4, -0.2) is 60.4 Å². The van der Waals surface area contributed by atoms with Gasteiger partial charge in [0.2, 0.25) is 0 Å². The number of rotatable bonds is 11. The molecule has 9 heteroatoms. The number of aliphatic hydroxyl groups excluding tert-OH is 1. The van der Waals surface area contributed by atoms with Crippen LogP contribution in [0.3, 0.4) is 0 Å². The molecule has 5 atom stereocenters. The minimum absolute atomic E-state index is 0.0141. The standard InChI is InChI=1S/C36H42N4O4Si/c1-6-21-40-32-15-11-10-14-30(32)36(35(40)42)25(2)34(45(4,5)28-18-16-27(43-3)17-19-28)33(44-36)20-22-39-23-31(37-38-39)29(24-41)26-12-8-7-9-13-26/h6-19,23,25,29,33-34,41H,1,20-22,24H2,2-5H3/t25-,29?,33+,34-,36+/m0/s1. The second-order valence-corrected chi connectivity index (χ2v) is 17.4. The van der Waals surface area contributed by atoms with Crippen LogP contribution in [0.4, 0.5) is 5.69 Å². The van der Waals surface area contributed by atoms with Crippen molar-refractivity contribution in [2.45, 2.75) is 56.1 Å². The molecular formula is C36H42N4O4Si. The monoisotopic (exact) mass is 622 g/mol. The van der Waals surface area contributed by atoms with Crippen LogP contribution in [0.2, 0.25) is 18.6 Å². The van der Waals surface area contributed by atoms with E-state index in [-0.39, 0.29) is 36.0 Å². The Hall–Kier alpha value is -4.05. The van der Waals surface area contributed by atoms with Gasteiger partial charge in [0.1, 0.15) is 5.75 Å². The van der Waals surface area contributed by atoms with Gasteiger partial charge in [-0.15, -0.1) is 11.7 Å². The lowest BCUT2D eigenvalue weighted by atomic mass is 9.82. The Labute approximate surface area is 266 Å². The van der Waals surface area contributed by atoms with Crippen LogP contribution in [-0.2, 0) is 21.7 Å². The number of methoxy groups -OCH3 is 1. The third-order valence-electron chi connectivity index (χ3n) is 10.00. The number of fused-ring (bicyclic) bond motifs is 2. The van der Waals surface area contributed by atoms with Gasteiger partial charge in [-0.2, -0.15) is 0 Å². The Morgan fingerprint density at radius 1 is 1.09 bits per heavy atom. The summed E-state index contributed by atoms with van der Waals surface area (Å²) in [5.41, 5.74) is 2.61. The molecule has 1 spiro atoms. The van der Waals surface area contributed by atoms with E-state index >= 15 is 0 Å². The van der Waals surface area contributed by atoms with E-state index in [0.717, 1.165) is 28.3 Å². The first-order chi connectivity index (χ1) is 21.8. The SMILES string of the molecule is C=CCN1C(=O)[C@]2(O[C@H](CCn3cc(C(CO)c4ccccc4)nn3)[C@@H]([Si](C)(C)c3ccc(OC)cc3)[C@@H]2C)c2ccccc21. The van der Waals surface area contributed by atoms with E-state index in [1.807, 2.05) is 76.4 Å². The summed E-state index contributed by atoms with van der Waals surface area (Å²) in [4.78, 5) is 16.3. The molecule has 1 N–H and O–H groups in total. The number of aliphatic hydroxyl groups is 1. The second-order valence-electron chi connectivity index (χ2n) is 12.7. The Morgan fingerprint density at radius 2 is 1.80 bits per heavy atom. The molecular weight excluding hydrogens is 581 g/mol. The van der Waals surface area contributed by atoms with Crippen molar-refractivity contribution < 1.29 is 19.4 Å². The number of carbonyl (C=O) groups excluding carboxylic acids is 1. The average molecular weight is 623 g/mol. The quantitative estimate of drug-likeness (QED) is 0.182. The summed E-state index contributed by atoms with van der Waals surface area (Å²) < 4.78 is 14.5. The molecule has 6 rings (SSSR count). The maximum absolute atomic E-state index is 14.4. The normalized spacial score (nSPS) is 23.4. The van der Waals surface area contributed by atoms with E-state index in [9.17, 15) is 9.90 Å². The van der Waals surface area contributed by atoms with Crippen LogP contribution in [0.15, 0.2) is 97.7 Å². The number of aryl methyl sites for hydroxylation is 1. The number of nitrogens with zero attached hydrogens (tertiary/aromatic N) is 4. The first kappa shape index (κ1) is 31.0. The third kappa shape index (κ3) is 5.22. The zero-order chi connectivity index (χ0) is 31.8. The van der Waals surface area contributed by atoms with Crippen LogP contribution in [0.25, 0.3) is 0 Å². The molecule has 1 amide bonds. The molecule has 1 saturated heterocycles. The first-order valence-electron chi connectivity index (χ1n) is 15.7. The van der Waals surface area contributed by atoms with Crippen molar-refractivity contribution in [3.05, 3.63) is 115 Å². The second kappa shape index (κ2) is 12.4.